The molecule has 1 fully saturated rings. The van der Waals surface area contributed by atoms with Gasteiger partial charge >= 0.3 is 0 Å². The molecule has 1 aromatic carbocycles. The summed E-state index contributed by atoms with van der Waals surface area (Å²) in [6, 6.07) is 5.87. The van der Waals surface area contributed by atoms with Crippen molar-refractivity contribution in [1.29, 1.82) is 0 Å². The molecule has 0 spiro atoms. The third-order valence-corrected chi connectivity index (χ3v) is 5.14. The number of benzene rings is 1. The van der Waals surface area contributed by atoms with Gasteiger partial charge in [0.25, 0.3) is 0 Å². The third-order valence-electron chi connectivity index (χ3n) is 5.14. The smallest absolute Gasteiger partial charge is 0.126 e. The van der Waals surface area contributed by atoms with Gasteiger partial charge in [-0.2, -0.15) is 0 Å². The number of halogens is 1. The van der Waals surface area contributed by atoms with Gasteiger partial charge in [0.1, 0.15) is 5.82 Å². The first kappa shape index (κ1) is 16.5. The van der Waals surface area contributed by atoms with Gasteiger partial charge in [0.15, 0.2) is 0 Å². The molecule has 0 radical (unpaired) electrons. The average molecular weight is 291 g/mol. The molecule has 2 rings (SSSR count). The van der Waals surface area contributed by atoms with Crippen molar-refractivity contribution in [3.8, 4) is 0 Å². The van der Waals surface area contributed by atoms with E-state index in [1.807, 2.05) is 13.0 Å². The molecule has 2 heteroatoms. The molecule has 1 aromatic rings. The van der Waals surface area contributed by atoms with Gasteiger partial charge in [0.2, 0.25) is 0 Å². The van der Waals surface area contributed by atoms with Crippen LogP contribution in [0.3, 0.4) is 0 Å². The lowest BCUT2D eigenvalue weighted by Gasteiger charge is -2.36. The zero-order valence-corrected chi connectivity index (χ0v) is 13.8. The molecule has 0 saturated heterocycles. The van der Waals surface area contributed by atoms with Gasteiger partial charge in [-0.05, 0) is 74.2 Å². The fourth-order valence-electron chi connectivity index (χ4n) is 3.65. The summed E-state index contributed by atoms with van der Waals surface area (Å²) in [5.41, 5.74) is 1.96. The Bertz CT molecular complexity index is 441. The van der Waals surface area contributed by atoms with E-state index in [9.17, 15) is 4.39 Å². The molecule has 1 saturated carbocycles. The average Bonchev–Trinajstić information content (AvgIpc) is 2.50. The van der Waals surface area contributed by atoms with Crippen LogP contribution in [0.2, 0.25) is 0 Å². The number of hydrogen-bond donors (Lipinski definition) is 1. The fourth-order valence-corrected chi connectivity index (χ4v) is 3.65. The summed E-state index contributed by atoms with van der Waals surface area (Å²) >= 11 is 0. The van der Waals surface area contributed by atoms with Crippen LogP contribution in [0.15, 0.2) is 18.2 Å². The van der Waals surface area contributed by atoms with E-state index < -0.39 is 0 Å². The zero-order chi connectivity index (χ0) is 15.2. The number of rotatable bonds is 6. The Kier molecular flexibility index (Phi) is 6.22. The molecule has 0 amide bonds. The highest BCUT2D eigenvalue weighted by Crippen LogP contribution is 2.41. The summed E-state index contributed by atoms with van der Waals surface area (Å²) in [6.45, 7) is 8.49. The van der Waals surface area contributed by atoms with E-state index in [0.717, 1.165) is 24.6 Å². The predicted molar refractivity (Wildman–Crippen MR) is 88.2 cm³/mol. The first-order valence-electron chi connectivity index (χ1n) is 8.62. The molecule has 0 heterocycles. The van der Waals surface area contributed by atoms with Crippen molar-refractivity contribution in [3.05, 3.63) is 35.1 Å². The summed E-state index contributed by atoms with van der Waals surface area (Å²) in [5, 5.41) is 3.57. The van der Waals surface area contributed by atoms with E-state index in [1.165, 1.54) is 37.7 Å². The van der Waals surface area contributed by atoms with Crippen molar-refractivity contribution in [1.82, 2.24) is 5.32 Å². The highest BCUT2D eigenvalue weighted by molar-refractivity contribution is 5.27. The highest BCUT2D eigenvalue weighted by atomic mass is 19.1. The molecule has 1 aliphatic rings. The maximum atomic E-state index is 13.9. The van der Waals surface area contributed by atoms with Crippen LogP contribution >= 0.6 is 0 Å². The summed E-state index contributed by atoms with van der Waals surface area (Å²) in [4.78, 5) is 0. The third kappa shape index (κ3) is 4.29. The molecule has 0 bridgehead atoms. The van der Waals surface area contributed by atoms with Gasteiger partial charge < -0.3 is 5.32 Å². The van der Waals surface area contributed by atoms with Gasteiger partial charge in [0.05, 0.1) is 0 Å². The van der Waals surface area contributed by atoms with Crippen molar-refractivity contribution in [2.45, 2.75) is 58.8 Å². The maximum absolute atomic E-state index is 13.9. The van der Waals surface area contributed by atoms with E-state index in [1.54, 1.807) is 6.07 Å². The molecular formula is C19H30FN. The molecule has 3 unspecified atom stereocenters. The molecule has 21 heavy (non-hydrogen) atoms. The van der Waals surface area contributed by atoms with Gasteiger partial charge in [-0.15, -0.1) is 0 Å². The van der Waals surface area contributed by atoms with Gasteiger partial charge in [0, 0.05) is 0 Å². The van der Waals surface area contributed by atoms with Crippen LogP contribution in [0.1, 0.15) is 63.0 Å². The Hall–Kier alpha value is -0.890. The van der Waals surface area contributed by atoms with Crippen molar-refractivity contribution in [2.75, 3.05) is 13.1 Å². The summed E-state index contributed by atoms with van der Waals surface area (Å²) < 4.78 is 13.9. The highest BCUT2D eigenvalue weighted by Gasteiger charge is 2.30. The second kappa shape index (κ2) is 7.93. The summed E-state index contributed by atoms with van der Waals surface area (Å²) in [5.74, 6) is 1.93. The minimum Gasteiger partial charge on any atom is -0.316 e. The van der Waals surface area contributed by atoms with E-state index in [4.69, 9.17) is 0 Å². The Morgan fingerprint density at radius 3 is 2.71 bits per heavy atom. The van der Waals surface area contributed by atoms with Crippen molar-refractivity contribution in [2.24, 2.45) is 11.8 Å². The van der Waals surface area contributed by atoms with Crippen LogP contribution in [-0.2, 0) is 0 Å². The topological polar surface area (TPSA) is 12.0 Å². The lowest BCUT2D eigenvalue weighted by atomic mass is 9.70. The van der Waals surface area contributed by atoms with Crippen LogP contribution in [0, 0.1) is 24.6 Å². The van der Waals surface area contributed by atoms with Crippen LogP contribution in [-0.4, -0.2) is 13.1 Å². The summed E-state index contributed by atoms with van der Waals surface area (Å²) in [6.07, 6.45) is 6.25. The van der Waals surface area contributed by atoms with Crippen LogP contribution in [0.5, 0.6) is 0 Å². The monoisotopic (exact) mass is 291 g/mol. The molecule has 1 N–H and O–H groups in total. The van der Waals surface area contributed by atoms with Gasteiger partial charge in [-0.3, -0.25) is 0 Å². The molecule has 0 aliphatic heterocycles. The number of hydrogen-bond acceptors (Lipinski definition) is 1. The second-order valence-electron chi connectivity index (χ2n) is 6.67. The van der Waals surface area contributed by atoms with Crippen LogP contribution in [0.4, 0.5) is 4.39 Å². The predicted octanol–water partition coefficient (Wildman–Crippen LogP) is 5.04. The van der Waals surface area contributed by atoms with E-state index in [0.29, 0.717) is 11.8 Å². The number of aryl methyl sites for hydroxylation is 1. The minimum absolute atomic E-state index is 0.0496. The Balaban J connectivity index is 2.13. The van der Waals surface area contributed by atoms with Crippen molar-refractivity contribution < 1.29 is 4.39 Å². The summed E-state index contributed by atoms with van der Waals surface area (Å²) in [7, 11) is 0. The van der Waals surface area contributed by atoms with Gasteiger partial charge in [-0.1, -0.05) is 38.8 Å². The van der Waals surface area contributed by atoms with E-state index in [2.05, 4.69) is 25.2 Å². The van der Waals surface area contributed by atoms with Crippen LogP contribution < -0.4 is 5.32 Å². The van der Waals surface area contributed by atoms with Crippen LogP contribution in [0.25, 0.3) is 0 Å². The molecule has 1 aliphatic carbocycles. The minimum atomic E-state index is -0.0496. The first-order chi connectivity index (χ1) is 10.2. The fraction of sp³-hybridized carbons (Fsp3) is 0.684. The second-order valence-corrected chi connectivity index (χ2v) is 6.67. The number of nitrogens with one attached hydrogen (secondary N) is 1. The Labute approximate surface area is 129 Å². The van der Waals surface area contributed by atoms with E-state index >= 15 is 0 Å². The molecule has 118 valence electrons. The normalized spacial score (nSPS) is 26.0. The molecule has 1 nitrogen and oxygen atoms in total. The molecular weight excluding hydrogens is 261 g/mol. The lowest BCUT2D eigenvalue weighted by Crippen LogP contribution is -2.32. The van der Waals surface area contributed by atoms with Crippen molar-refractivity contribution in [3.63, 3.8) is 0 Å². The van der Waals surface area contributed by atoms with Crippen molar-refractivity contribution >= 4 is 0 Å². The largest absolute Gasteiger partial charge is 0.316 e. The molecule has 3 atom stereocenters. The quantitative estimate of drug-likeness (QED) is 0.724. The zero-order valence-electron chi connectivity index (χ0n) is 13.8. The molecule has 0 aromatic heterocycles. The Morgan fingerprint density at radius 1 is 1.24 bits per heavy atom. The standard InChI is InChI=1S/C19H30FN/c1-4-10-21-13-17-9-7-15(5-2)11-18(17)16-8-6-14(3)19(20)12-16/h6,8,12,15,17-18,21H,4-5,7,9-11,13H2,1-3H3. The maximum Gasteiger partial charge on any atom is 0.126 e. The van der Waals surface area contributed by atoms with Gasteiger partial charge in [-0.25, -0.2) is 4.39 Å². The first-order valence-corrected chi connectivity index (χ1v) is 8.62. The Morgan fingerprint density at radius 2 is 2.05 bits per heavy atom. The lowest BCUT2D eigenvalue weighted by molar-refractivity contribution is 0.225. The SMILES string of the molecule is CCCNCC1CCC(CC)CC1c1ccc(C)c(F)c1. The van der Waals surface area contributed by atoms with E-state index in [-0.39, 0.29) is 5.82 Å².